The molecule has 1 amide bonds. The molecule has 0 radical (unpaired) electrons. The molecule has 7 heteroatoms. The van der Waals surface area contributed by atoms with Gasteiger partial charge in [-0.2, -0.15) is 5.10 Å². The Morgan fingerprint density at radius 1 is 1.32 bits per heavy atom. The first-order chi connectivity index (χ1) is 12.3. The molecule has 3 aromatic rings. The Kier molecular flexibility index (Phi) is 4.58. The van der Waals surface area contributed by atoms with E-state index in [0.717, 1.165) is 35.6 Å². The third-order valence-electron chi connectivity index (χ3n) is 4.19. The van der Waals surface area contributed by atoms with Gasteiger partial charge in [0.15, 0.2) is 0 Å². The maximum Gasteiger partial charge on any atom is 0.261 e. The maximum atomic E-state index is 12.5. The number of thiophene rings is 1. The van der Waals surface area contributed by atoms with E-state index < -0.39 is 0 Å². The lowest BCUT2D eigenvalue weighted by molar-refractivity contribution is 0.0955. The van der Waals surface area contributed by atoms with Crippen LogP contribution in [0.4, 0.5) is 0 Å². The van der Waals surface area contributed by atoms with E-state index in [4.69, 9.17) is 4.74 Å². The van der Waals surface area contributed by atoms with Gasteiger partial charge in [0.05, 0.1) is 16.7 Å². The first-order valence-corrected chi connectivity index (χ1v) is 9.05. The fourth-order valence-electron chi connectivity index (χ4n) is 2.93. The number of aromatic nitrogens is 3. The second kappa shape index (κ2) is 7.16. The van der Waals surface area contributed by atoms with Crippen LogP contribution in [0.5, 0.6) is 0 Å². The van der Waals surface area contributed by atoms with Crippen LogP contribution in [0.15, 0.2) is 49.1 Å². The summed E-state index contributed by atoms with van der Waals surface area (Å²) in [4.78, 5) is 18.3. The Balaban J connectivity index is 1.44. The fourth-order valence-corrected chi connectivity index (χ4v) is 3.94. The Hall–Kier alpha value is -2.51. The van der Waals surface area contributed by atoms with Crippen molar-refractivity contribution < 1.29 is 9.53 Å². The van der Waals surface area contributed by atoms with E-state index in [1.165, 1.54) is 17.7 Å². The zero-order chi connectivity index (χ0) is 17.1. The molecule has 128 valence electrons. The molecule has 1 atom stereocenters. The quantitative estimate of drug-likeness (QED) is 0.764. The van der Waals surface area contributed by atoms with E-state index in [-0.39, 0.29) is 12.0 Å². The molecule has 1 aromatic carbocycles. The number of carbonyl (C=O) groups excluding carboxylic acids is 1. The summed E-state index contributed by atoms with van der Waals surface area (Å²) >= 11 is 1.51. The standard InChI is InChI=1S/C18H18N4O2S/c23-18(17-8-7-16(25-17)15-6-3-9-24-15)20-10-13-4-1-2-5-14(13)22-12-19-11-21-22/h1-2,4-5,7-8,11-12,15H,3,6,9-10H2,(H,20,23)/t15-/m1/s1. The molecule has 1 saturated heterocycles. The van der Waals surface area contributed by atoms with Gasteiger partial charge >= 0.3 is 0 Å². The Labute approximate surface area is 149 Å². The molecule has 0 spiro atoms. The maximum absolute atomic E-state index is 12.5. The number of amides is 1. The van der Waals surface area contributed by atoms with Gasteiger partial charge in [-0.05, 0) is 36.6 Å². The van der Waals surface area contributed by atoms with Crippen molar-refractivity contribution in [3.05, 3.63) is 64.4 Å². The van der Waals surface area contributed by atoms with E-state index in [1.54, 1.807) is 11.0 Å². The normalized spacial score (nSPS) is 16.9. The molecule has 3 heterocycles. The van der Waals surface area contributed by atoms with Crippen LogP contribution in [0.3, 0.4) is 0 Å². The van der Waals surface area contributed by atoms with Crippen LogP contribution in [0.2, 0.25) is 0 Å². The molecule has 25 heavy (non-hydrogen) atoms. The van der Waals surface area contributed by atoms with E-state index >= 15 is 0 Å². The second-order valence-electron chi connectivity index (χ2n) is 5.86. The zero-order valence-corrected chi connectivity index (χ0v) is 14.4. The second-order valence-corrected chi connectivity index (χ2v) is 6.97. The summed E-state index contributed by atoms with van der Waals surface area (Å²) < 4.78 is 7.38. The van der Waals surface area contributed by atoms with Crippen molar-refractivity contribution in [2.24, 2.45) is 0 Å². The molecule has 1 N–H and O–H groups in total. The fraction of sp³-hybridized carbons (Fsp3) is 0.278. The monoisotopic (exact) mass is 354 g/mol. The molecular formula is C18H18N4O2S. The van der Waals surface area contributed by atoms with Gasteiger partial charge < -0.3 is 10.1 Å². The zero-order valence-electron chi connectivity index (χ0n) is 13.6. The predicted molar refractivity (Wildman–Crippen MR) is 94.8 cm³/mol. The summed E-state index contributed by atoms with van der Waals surface area (Å²) in [5, 5.41) is 7.15. The summed E-state index contributed by atoms with van der Waals surface area (Å²) in [6, 6.07) is 11.7. The van der Waals surface area contributed by atoms with Crippen molar-refractivity contribution in [1.29, 1.82) is 0 Å². The lowest BCUT2D eigenvalue weighted by atomic mass is 10.2. The summed E-state index contributed by atoms with van der Waals surface area (Å²) in [6.07, 6.45) is 5.41. The lowest BCUT2D eigenvalue weighted by Gasteiger charge is -2.10. The molecular weight excluding hydrogens is 336 g/mol. The number of hydrogen-bond acceptors (Lipinski definition) is 5. The summed E-state index contributed by atoms with van der Waals surface area (Å²) in [5.41, 5.74) is 1.89. The minimum atomic E-state index is -0.0670. The van der Waals surface area contributed by atoms with Gasteiger partial charge in [-0.25, -0.2) is 9.67 Å². The van der Waals surface area contributed by atoms with Gasteiger partial charge in [0, 0.05) is 18.0 Å². The Morgan fingerprint density at radius 3 is 3.04 bits per heavy atom. The highest BCUT2D eigenvalue weighted by molar-refractivity contribution is 7.14. The molecule has 0 unspecified atom stereocenters. The SMILES string of the molecule is O=C(NCc1ccccc1-n1cncn1)c1ccc([C@H]2CCCO2)s1. The molecule has 2 aromatic heterocycles. The summed E-state index contributed by atoms with van der Waals surface area (Å²) in [5.74, 6) is -0.0670. The molecule has 6 nitrogen and oxygen atoms in total. The third-order valence-corrected chi connectivity index (χ3v) is 5.37. The highest BCUT2D eigenvalue weighted by Gasteiger charge is 2.21. The number of rotatable bonds is 5. The van der Waals surface area contributed by atoms with Crippen LogP contribution < -0.4 is 5.32 Å². The largest absolute Gasteiger partial charge is 0.373 e. The number of hydrogen-bond donors (Lipinski definition) is 1. The van der Waals surface area contributed by atoms with Crippen LogP contribution in [0.1, 0.15) is 39.1 Å². The van der Waals surface area contributed by atoms with Gasteiger partial charge in [0.2, 0.25) is 0 Å². The molecule has 1 aliphatic rings. The van der Waals surface area contributed by atoms with Crippen LogP contribution in [0, 0.1) is 0 Å². The average molecular weight is 354 g/mol. The van der Waals surface area contributed by atoms with E-state index in [9.17, 15) is 4.79 Å². The first kappa shape index (κ1) is 16.0. The minimum absolute atomic E-state index is 0.0670. The van der Waals surface area contributed by atoms with Crippen molar-refractivity contribution in [2.75, 3.05) is 6.61 Å². The van der Waals surface area contributed by atoms with Crippen molar-refractivity contribution in [1.82, 2.24) is 20.1 Å². The van der Waals surface area contributed by atoms with Gasteiger partial charge in [0.1, 0.15) is 12.7 Å². The number of para-hydroxylation sites is 1. The van der Waals surface area contributed by atoms with Gasteiger partial charge in [-0.3, -0.25) is 4.79 Å². The number of nitrogens with one attached hydrogen (secondary N) is 1. The van der Waals surface area contributed by atoms with Gasteiger partial charge in [-0.15, -0.1) is 11.3 Å². The van der Waals surface area contributed by atoms with E-state index in [0.29, 0.717) is 11.4 Å². The highest BCUT2D eigenvalue weighted by atomic mass is 32.1. The van der Waals surface area contributed by atoms with Crippen molar-refractivity contribution in [2.45, 2.75) is 25.5 Å². The predicted octanol–water partition coefficient (Wildman–Crippen LogP) is 3.11. The number of benzene rings is 1. The molecule has 4 rings (SSSR count). The number of nitrogens with zero attached hydrogens (tertiary/aromatic N) is 3. The van der Waals surface area contributed by atoms with E-state index in [1.807, 2.05) is 36.4 Å². The third kappa shape index (κ3) is 3.47. The number of ether oxygens (including phenoxy) is 1. The topological polar surface area (TPSA) is 69.0 Å². The summed E-state index contributed by atoms with van der Waals surface area (Å²) in [7, 11) is 0. The van der Waals surface area contributed by atoms with Crippen molar-refractivity contribution in [3.63, 3.8) is 0 Å². The Bertz CT molecular complexity index is 854. The van der Waals surface area contributed by atoms with Crippen molar-refractivity contribution >= 4 is 17.2 Å². The molecule has 1 fully saturated rings. The highest BCUT2D eigenvalue weighted by Crippen LogP contribution is 2.33. The van der Waals surface area contributed by atoms with Crippen LogP contribution in [-0.2, 0) is 11.3 Å². The molecule has 0 aliphatic carbocycles. The first-order valence-electron chi connectivity index (χ1n) is 8.24. The molecule has 0 bridgehead atoms. The van der Waals surface area contributed by atoms with Gasteiger partial charge in [0.25, 0.3) is 5.91 Å². The average Bonchev–Trinajstić information content (AvgIpc) is 3.41. The smallest absolute Gasteiger partial charge is 0.261 e. The Morgan fingerprint density at radius 2 is 2.24 bits per heavy atom. The minimum Gasteiger partial charge on any atom is -0.373 e. The van der Waals surface area contributed by atoms with E-state index in [2.05, 4.69) is 15.4 Å². The van der Waals surface area contributed by atoms with Crippen LogP contribution in [-0.4, -0.2) is 27.3 Å². The summed E-state index contributed by atoms with van der Waals surface area (Å²) in [6.45, 7) is 1.24. The lowest BCUT2D eigenvalue weighted by Crippen LogP contribution is -2.22. The van der Waals surface area contributed by atoms with Gasteiger partial charge in [-0.1, -0.05) is 18.2 Å². The molecule has 0 saturated carbocycles. The van der Waals surface area contributed by atoms with Crippen LogP contribution >= 0.6 is 11.3 Å². The van der Waals surface area contributed by atoms with Crippen LogP contribution in [0.25, 0.3) is 5.69 Å². The van der Waals surface area contributed by atoms with Crippen molar-refractivity contribution in [3.8, 4) is 5.69 Å². The number of carbonyl (C=O) groups is 1. The molecule has 1 aliphatic heterocycles.